The Morgan fingerprint density at radius 3 is 2.46 bits per heavy atom. The van der Waals surface area contributed by atoms with Crippen LogP contribution in [-0.2, 0) is 4.74 Å². The molecule has 0 rings (SSSR count). The summed E-state index contributed by atoms with van der Waals surface area (Å²) in [6, 6.07) is 0. The highest BCUT2D eigenvalue weighted by Crippen LogP contribution is 2.00. The van der Waals surface area contributed by atoms with Crippen LogP contribution in [0, 0.1) is 5.92 Å². The lowest BCUT2D eigenvalue weighted by atomic mass is 10.2. The molecule has 2 nitrogen and oxygen atoms in total. The molecular weight excluding hydrogens is 162 g/mol. The highest BCUT2D eigenvalue weighted by atomic mass is 16.5. The normalized spacial score (nSPS) is 13.6. The molecule has 0 aromatic rings. The van der Waals surface area contributed by atoms with Crippen molar-refractivity contribution in [2.24, 2.45) is 5.92 Å². The smallest absolute Gasteiger partial charge is 0.0547 e. The predicted octanol–water partition coefficient (Wildman–Crippen LogP) is 2.44. The van der Waals surface area contributed by atoms with Crippen LogP contribution >= 0.6 is 0 Å². The number of rotatable bonds is 8. The average molecular weight is 187 g/mol. The Hall–Kier alpha value is -0.0800. The summed E-state index contributed by atoms with van der Waals surface area (Å²) in [7, 11) is 0. The van der Waals surface area contributed by atoms with E-state index in [0.29, 0.717) is 6.10 Å². The molecule has 0 aliphatic rings. The van der Waals surface area contributed by atoms with Gasteiger partial charge in [-0.15, -0.1) is 0 Å². The van der Waals surface area contributed by atoms with Crippen molar-refractivity contribution in [3.8, 4) is 0 Å². The van der Waals surface area contributed by atoms with Crippen molar-refractivity contribution in [3.63, 3.8) is 0 Å². The molecule has 0 amide bonds. The molecule has 0 saturated heterocycles. The van der Waals surface area contributed by atoms with Gasteiger partial charge in [-0.1, -0.05) is 13.8 Å². The minimum atomic E-state index is 0.422. The molecule has 0 spiro atoms. The standard InChI is InChI=1S/C11H25NO/c1-5-13-11(4)7-6-8-12-9-10(2)3/h10-12H,5-9H2,1-4H3. The molecule has 0 aromatic carbocycles. The van der Waals surface area contributed by atoms with Crippen molar-refractivity contribution >= 4 is 0 Å². The van der Waals surface area contributed by atoms with Crippen LogP contribution in [0.25, 0.3) is 0 Å². The molecule has 13 heavy (non-hydrogen) atoms. The zero-order chi connectivity index (χ0) is 10.1. The van der Waals surface area contributed by atoms with E-state index >= 15 is 0 Å². The maximum atomic E-state index is 5.44. The minimum absolute atomic E-state index is 0.422. The van der Waals surface area contributed by atoms with Crippen LogP contribution in [-0.4, -0.2) is 25.8 Å². The van der Waals surface area contributed by atoms with Crippen molar-refractivity contribution in [1.82, 2.24) is 5.32 Å². The number of hydrogen-bond acceptors (Lipinski definition) is 2. The SMILES string of the molecule is CCOC(C)CCCNCC(C)C. The highest BCUT2D eigenvalue weighted by Gasteiger charge is 1.99. The second-order valence-corrected chi connectivity index (χ2v) is 4.01. The van der Waals surface area contributed by atoms with E-state index in [4.69, 9.17) is 4.74 Å². The molecule has 0 heterocycles. The van der Waals surface area contributed by atoms with Gasteiger partial charge < -0.3 is 10.1 Å². The first kappa shape index (κ1) is 12.9. The lowest BCUT2D eigenvalue weighted by Crippen LogP contribution is -2.21. The summed E-state index contributed by atoms with van der Waals surface area (Å²) >= 11 is 0. The Kier molecular flexibility index (Phi) is 8.46. The molecule has 1 unspecified atom stereocenters. The van der Waals surface area contributed by atoms with E-state index in [1.54, 1.807) is 0 Å². The van der Waals surface area contributed by atoms with Gasteiger partial charge >= 0.3 is 0 Å². The van der Waals surface area contributed by atoms with E-state index in [2.05, 4.69) is 26.1 Å². The van der Waals surface area contributed by atoms with E-state index in [-0.39, 0.29) is 0 Å². The van der Waals surface area contributed by atoms with Crippen LogP contribution in [0.4, 0.5) is 0 Å². The topological polar surface area (TPSA) is 21.3 Å². The van der Waals surface area contributed by atoms with Crippen LogP contribution in [0.1, 0.15) is 40.5 Å². The van der Waals surface area contributed by atoms with Crippen molar-refractivity contribution < 1.29 is 4.74 Å². The zero-order valence-electron chi connectivity index (χ0n) is 9.60. The number of hydrogen-bond donors (Lipinski definition) is 1. The van der Waals surface area contributed by atoms with E-state index in [0.717, 1.165) is 25.6 Å². The minimum Gasteiger partial charge on any atom is -0.379 e. The Bertz CT molecular complexity index is 104. The molecule has 0 aromatic heterocycles. The van der Waals surface area contributed by atoms with E-state index < -0.39 is 0 Å². The molecular formula is C11H25NO. The predicted molar refractivity (Wildman–Crippen MR) is 58.0 cm³/mol. The second-order valence-electron chi connectivity index (χ2n) is 4.01. The molecule has 80 valence electrons. The summed E-state index contributed by atoms with van der Waals surface area (Å²) in [5.74, 6) is 0.754. The van der Waals surface area contributed by atoms with Gasteiger partial charge in [0.25, 0.3) is 0 Å². The first-order valence-electron chi connectivity index (χ1n) is 5.49. The fraction of sp³-hybridized carbons (Fsp3) is 1.00. The fourth-order valence-corrected chi connectivity index (χ4v) is 1.27. The van der Waals surface area contributed by atoms with Crippen LogP contribution < -0.4 is 5.32 Å². The highest BCUT2D eigenvalue weighted by molar-refractivity contribution is 4.55. The fourth-order valence-electron chi connectivity index (χ4n) is 1.27. The van der Waals surface area contributed by atoms with Crippen molar-refractivity contribution in [1.29, 1.82) is 0 Å². The van der Waals surface area contributed by atoms with Gasteiger partial charge in [0.2, 0.25) is 0 Å². The van der Waals surface area contributed by atoms with Crippen LogP contribution in [0.5, 0.6) is 0 Å². The van der Waals surface area contributed by atoms with Crippen molar-refractivity contribution in [2.75, 3.05) is 19.7 Å². The number of nitrogens with one attached hydrogen (secondary N) is 1. The van der Waals surface area contributed by atoms with Gasteiger partial charge in [-0.05, 0) is 45.7 Å². The van der Waals surface area contributed by atoms with Crippen molar-refractivity contribution in [2.45, 2.75) is 46.6 Å². The molecule has 0 aliphatic carbocycles. The Balaban J connectivity index is 3.06. The molecule has 1 atom stereocenters. The second kappa shape index (κ2) is 8.52. The lowest BCUT2D eigenvalue weighted by molar-refractivity contribution is 0.0689. The average Bonchev–Trinajstić information content (AvgIpc) is 2.03. The van der Waals surface area contributed by atoms with Crippen LogP contribution in [0.3, 0.4) is 0 Å². The van der Waals surface area contributed by atoms with Gasteiger partial charge in [-0.2, -0.15) is 0 Å². The maximum Gasteiger partial charge on any atom is 0.0547 e. The summed E-state index contributed by atoms with van der Waals surface area (Å²) in [6.45, 7) is 11.7. The summed E-state index contributed by atoms with van der Waals surface area (Å²) in [6.07, 6.45) is 2.80. The van der Waals surface area contributed by atoms with Gasteiger partial charge in [0.15, 0.2) is 0 Å². The molecule has 0 fully saturated rings. The molecule has 0 radical (unpaired) electrons. The van der Waals surface area contributed by atoms with Gasteiger partial charge in [0.05, 0.1) is 6.10 Å². The molecule has 0 bridgehead atoms. The Morgan fingerprint density at radius 1 is 1.23 bits per heavy atom. The van der Waals surface area contributed by atoms with E-state index in [1.165, 1.54) is 12.8 Å². The van der Waals surface area contributed by atoms with Crippen molar-refractivity contribution in [3.05, 3.63) is 0 Å². The first-order chi connectivity index (χ1) is 6.16. The van der Waals surface area contributed by atoms with Gasteiger partial charge in [0, 0.05) is 6.61 Å². The monoisotopic (exact) mass is 187 g/mol. The van der Waals surface area contributed by atoms with E-state index in [9.17, 15) is 0 Å². The first-order valence-corrected chi connectivity index (χ1v) is 5.49. The summed E-state index contributed by atoms with van der Waals surface area (Å²) in [5.41, 5.74) is 0. The molecule has 1 N–H and O–H groups in total. The molecule has 0 aliphatic heterocycles. The largest absolute Gasteiger partial charge is 0.379 e. The molecule has 2 heteroatoms. The number of ether oxygens (including phenoxy) is 1. The third-order valence-corrected chi connectivity index (χ3v) is 1.97. The lowest BCUT2D eigenvalue weighted by Gasteiger charge is -2.12. The van der Waals surface area contributed by atoms with E-state index in [1.807, 2.05) is 6.92 Å². The van der Waals surface area contributed by atoms with Gasteiger partial charge in [-0.25, -0.2) is 0 Å². The quantitative estimate of drug-likeness (QED) is 0.589. The van der Waals surface area contributed by atoms with Gasteiger partial charge in [-0.3, -0.25) is 0 Å². The Morgan fingerprint density at radius 2 is 1.92 bits per heavy atom. The van der Waals surface area contributed by atoms with Gasteiger partial charge in [0.1, 0.15) is 0 Å². The Labute approximate surface area is 83.1 Å². The maximum absolute atomic E-state index is 5.44. The summed E-state index contributed by atoms with van der Waals surface area (Å²) < 4.78 is 5.44. The van der Waals surface area contributed by atoms with Crippen LogP contribution in [0.2, 0.25) is 0 Å². The third-order valence-electron chi connectivity index (χ3n) is 1.97. The summed E-state index contributed by atoms with van der Waals surface area (Å²) in [4.78, 5) is 0. The van der Waals surface area contributed by atoms with Crippen LogP contribution in [0.15, 0.2) is 0 Å². The zero-order valence-corrected chi connectivity index (χ0v) is 9.60. The third kappa shape index (κ3) is 9.84. The molecule has 0 saturated carbocycles. The summed E-state index contributed by atoms with van der Waals surface area (Å²) in [5, 5.41) is 3.43.